The van der Waals surface area contributed by atoms with E-state index >= 15 is 0 Å². The molecule has 2 rings (SSSR count). The molecule has 0 radical (unpaired) electrons. The number of anilines is 1. The number of benzene rings is 1. The maximum absolute atomic E-state index is 12.6. The number of para-hydroxylation sites is 1. The number of aromatic nitrogens is 2. The van der Waals surface area contributed by atoms with Gasteiger partial charge >= 0.3 is 5.76 Å². The predicted molar refractivity (Wildman–Crippen MR) is 69.0 cm³/mol. The Morgan fingerprint density at radius 2 is 1.80 bits per heavy atom. The van der Waals surface area contributed by atoms with Gasteiger partial charge in [-0.05, 0) is 12.1 Å². The summed E-state index contributed by atoms with van der Waals surface area (Å²) in [5.41, 5.74) is 0.827. The van der Waals surface area contributed by atoms with Gasteiger partial charge in [0.05, 0.1) is 10.6 Å². The SMILES string of the molecule is O=S(=O)(c1ccccc1NCc1cncnc1)C(F)F. The summed E-state index contributed by atoms with van der Waals surface area (Å²) in [6, 6.07) is 5.53. The molecule has 0 spiro atoms. The van der Waals surface area contributed by atoms with Crippen LogP contribution in [0.1, 0.15) is 5.56 Å². The molecule has 5 nitrogen and oxygen atoms in total. The van der Waals surface area contributed by atoms with Crippen LogP contribution in [0.25, 0.3) is 0 Å². The van der Waals surface area contributed by atoms with E-state index in [1.54, 1.807) is 18.5 Å². The van der Waals surface area contributed by atoms with Crippen molar-refractivity contribution >= 4 is 15.5 Å². The molecule has 0 aliphatic heterocycles. The Bertz CT molecular complexity index is 678. The third kappa shape index (κ3) is 3.08. The number of nitrogens with zero attached hydrogens (tertiary/aromatic N) is 2. The molecule has 0 aliphatic rings. The van der Waals surface area contributed by atoms with Crippen molar-refractivity contribution in [2.75, 3.05) is 5.32 Å². The molecule has 0 aliphatic carbocycles. The van der Waals surface area contributed by atoms with Crippen molar-refractivity contribution in [3.05, 3.63) is 48.5 Å². The van der Waals surface area contributed by atoms with Crippen molar-refractivity contribution in [3.8, 4) is 0 Å². The molecule has 0 fully saturated rings. The van der Waals surface area contributed by atoms with Crippen molar-refractivity contribution in [3.63, 3.8) is 0 Å². The van der Waals surface area contributed by atoms with E-state index in [9.17, 15) is 17.2 Å². The highest BCUT2D eigenvalue weighted by molar-refractivity contribution is 7.91. The molecule has 106 valence electrons. The molecule has 0 atom stereocenters. The molecule has 1 N–H and O–H groups in total. The van der Waals surface area contributed by atoms with Crippen LogP contribution in [-0.4, -0.2) is 24.1 Å². The molecule has 0 amide bonds. The molecule has 8 heteroatoms. The summed E-state index contributed by atoms with van der Waals surface area (Å²) < 4.78 is 48.3. The number of halogens is 2. The summed E-state index contributed by atoms with van der Waals surface area (Å²) in [4.78, 5) is 7.19. The first-order valence-corrected chi connectivity index (χ1v) is 7.15. The van der Waals surface area contributed by atoms with Gasteiger partial charge < -0.3 is 5.32 Å². The van der Waals surface area contributed by atoms with Gasteiger partial charge in [0.25, 0.3) is 0 Å². The summed E-state index contributed by atoms with van der Waals surface area (Å²) in [6.07, 6.45) is 4.45. The average molecular weight is 299 g/mol. The first-order chi connectivity index (χ1) is 9.51. The van der Waals surface area contributed by atoms with E-state index in [4.69, 9.17) is 0 Å². The lowest BCUT2D eigenvalue weighted by Crippen LogP contribution is -2.14. The number of rotatable bonds is 5. The van der Waals surface area contributed by atoms with E-state index < -0.39 is 20.5 Å². The molecule has 1 aromatic carbocycles. The lowest BCUT2D eigenvalue weighted by Gasteiger charge is -2.11. The minimum absolute atomic E-state index is 0.122. The van der Waals surface area contributed by atoms with E-state index in [1.807, 2.05) is 0 Å². The first kappa shape index (κ1) is 14.3. The van der Waals surface area contributed by atoms with Crippen LogP contribution in [0.3, 0.4) is 0 Å². The number of hydrogen-bond donors (Lipinski definition) is 1. The zero-order valence-corrected chi connectivity index (χ0v) is 11.0. The highest BCUT2D eigenvalue weighted by Crippen LogP contribution is 2.26. The summed E-state index contributed by atoms with van der Waals surface area (Å²) in [7, 11) is -4.64. The van der Waals surface area contributed by atoms with Crippen LogP contribution in [0.15, 0.2) is 47.9 Å². The number of nitrogens with one attached hydrogen (secondary N) is 1. The van der Waals surface area contributed by atoms with Crippen LogP contribution in [0.2, 0.25) is 0 Å². The summed E-state index contributed by atoms with van der Waals surface area (Å²) in [6.45, 7) is 0.233. The molecule has 0 saturated carbocycles. The maximum Gasteiger partial charge on any atom is 0.341 e. The largest absolute Gasteiger partial charge is 0.380 e. The van der Waals surface area contributed by atoms with E-state index in [1.165, 1.54) is 18.5 Å². The maximum atomic E-state index is 12.6. The molecular weight excluding hydrogens is 288 g/mol. The Hall–Kier alpha value is -2.09. The monoisotopic (exact) mass is 299 g/mol. The zero-order chi connectivity index (χ0) is 14.6. The fourth-order valence-corrected chi connectivity index (χ4v) is 2.48. The lowest BCUT2D eigenvalue weighted by atomic mass is 10.3. The fraction of sp³-hybridized carbons (Fsp3) is 0.167. The van der Waals surface area contributed by atoms with E-state index in [0.29, 0.717) is 5.56 Å². The van der Waals surface area contributed by atoms with Gasteiger partial charge in [-0.15, -0.1) is 0 Å². The van der Waals surface area contributed by atoms with Gasteiger partial charge in [0, 0.05) is 24.5 Å². The fourth-order valence-electron chi connectivity index (χ4n) is 1.58. The van der Waals surface area contributed by atoms with Gasteiger partial charge in [0.1, 0.15) is 6.33 Å². The Labute approximate surface area is 114 Å². The highest BCUT2D eigenvalue weighted by Gasteiger charge is 2.28. The van der Waals surface area contributed by atoms with Crippen LogP contribution in [0.5, 0.6) is 0 Å². The summed E-state index contributed by atoms with van der Waals surface area (Å²) in [5, 5.41) is 2.80. The molecule has 20 heavy (non-hydrogen) atoms. The average Bonchev–Trinajstić information content (AvgIpc) is 2.46. The van der Waals surface area contributed by atoms with Crippen molar-refractivity contribution < 1.29 is 17.2 Å². The quantitative estimate of drug-likeness (QED) is 0.915. The molecule has 0 bridgehead atoms. The Morgan fingerprint density at radius 1 is 1.15 bits per heavy atom. The molecular formula is C12H11F2N3O2S. The lowest BCUT2D eigenvalue weighted by molar-refractivity contribution is 0.235. The summed E-state index contributed by atoms with van der Waals surface area (Å²) >= 11 is 0. The van der Waals surface area contributed by atoms with Gasteiger partial charge in [-0.3, -0.25) is 0 Å². The first-order valence-electron chi connectivity index (χ1n) is 5.60. The molecule has 1 aromatic heterocycles. The molecule has 1 heterocycles. The van der Waals surface area contributed by atoms with Crippen LogP contribution in [-0.2, 0) is 16.4 Å². The summed E-state index contributed by atoms with van der Waals surface area (Å²) in [5.74, 6) is -3.45. The number of hydrogen-bond acceptors (Lipinski definition) is 5. The van der Waals surface area contributed by atoms with Crippen molar-refractivity contribution in [2.45, 2.75) is 17.2 Å². The van der Waals surface area contributed by atoms with E-state index in [-0.39, 0.29) is 12.2 Å². The second kappa shape index (κ2) is 5.91. The minimum Gasteiger partial charge on any atom is -0.380 e. The molecule has 0 unspecified atom stereocenters. The Balaban J connectivity index is 2.25. The smallest absolute Gasteiger partial charge is 0.341 e. The third-order valence-electron chi connectivity index (χ3n) is 2.53. The van der Waals surface area contributed by atoms with E-state index in [2.05, 4.69) is 15.3 Å². The Kier molecular flexibility index (Phi) is 4.23. The minimum atomic E-state index is -4.64. The van der Waals surface area contributed by atoms with Gasteiger partial charge in [0.15, 0.2) is 0 Å². The molecule has 2 aromatic rings. The van der Waals surface area contributed by atoms with Gasteiger partial charge in [-0.25, -0.2) is 18.4 Å². The molecule has 0 saturated heterocycles. The van der Waals surface area contributed by atoms with Crippen LogP contribution >= 0.6 is 0 Å². The van der Waals surface area contributed by atoms with Gasteiger partial charge in [-0.1, -0.05) is 12.1 Å². The number of alkyl halides is 2. The van der Waals surface area contributed by atoms with Gasteiger partial charge in [0.2, 0.25) is 9.84 Å². The predicted octanol–water partition coefficient (Wildman–Crippen LogP) is 2.08. The van der Waals surface area contributed by atoms with E-state index in [0.717, 1.165) is 6.07 Å². The number of sulfone groups is 1. The van der Waals surface area contributed by atoms with Crippen molar-refractivity contribution in [1.82, 2.24) is 9.97 Å². The van der Waals surface area contributed by atoms with Gasteiger partial charge in [-0.2, -0.15) is 8.78 Å². The van der Waals surface area contributed by atoms with Crippen molar-refractivity contribution in [2.24, 2.45) is 0 Å². The van der Waals surface area contributed by atoms with Crippen LogP contribution in [0, 0.1) is 0 Å². The standard InChI is InChI=1S/C12H11F2N3O2S/c13-12(14)20(18,19)11-4-2-1-3-10(11)17-7-9-5-15-8-16-6-9/h1-6,8,12,17H,7H2. The normalized spacial score (nSPS) is 11.6. The van der Waals surface area contributed by atoms with Crippen LogP contribution < -0.4 is 5.32 Å². The second-order valence-corrected chi connectivity index (χ2v) is 5.79. The zero-order valence-electron chi connectivity index (χ0n) is 10.2. The van der Waals surface area contributed by atoms with Crippen molar-refractivity contribution in [1.29, 1.82) is 0 Å². The second-order valence-electron chi connectivity index (χ2n) is 3.90. The highest BCUT2D eigenvalue weighted by atomic mass is 32.2. The van der Waals surface area contributed by atoms with Crippen LogP contribution in [0.4, 0.5) is 14.5 Å². The third-order valence-corrected chi connectivity index (χ3v) is 3.96. The topological polar surface area (TPSA) is 72.0 Å². The Morgan fingerprint density at radius 3 is 2.45 bits per heavy atom.